The third-order valence-electron chi connectivity index (χ3n) is 9.63. The van der Waals surface area contributed by atoms with Gasteiger partial charge in [0.05, 0.1) is 10.8 Å². The van der Waals surface area contributed by atoms with E-state index >= 15 is 0 Å². The first-order chi connectivity index (χ1) is 14.6. The van der Waals surface area contributed by atoms with Gasteiger partial charge < -0.3 is 4.74 Å². The van der Waals surface area contributed by atoms with E-state index in [-0.39, 0.29) is 23.1 Å². The number of allylic oxidation sites excluding steroid dienone is 4. The van der Waals surface area contributed by atoms with Gasteiger partial charge in [0.25, 0.3) is 0 Å². The molecule has 4 atom stereocenters. The van der Waals surface area contributed by atoms with E-state index in [0.717, 1.165) is 31.3 Å². The molecular formula is C29H44O3. The van der Waals surface area contributed by atoms with Gasteiger partial charge in [0, 0.05) is 11.5 Å². The first-order valence-electron chi connectivity index (χ1n) is 12.8. The molecule has 0 N–H and O–H groups in total. The minimum absolute atomic E-state index is 0.00222. The molecular weight excluding hydrogens is 396 g/mol. The molecule has 0 saturated heterocycles. The van der Waals surface area contributed by atoms with Gasteiger partial charge in [0.1, 0.15) is 11.4 Å². The van der Waals surface area contributed by atoms with Crippen LogP contribution >= 0.6 is 0 Å². The summed E-state index contributed by atoms with van der Waals surface area (Å²) >= 11 is 0. The van der Waals surface area contributed by atoms with Crippen LogP contribution in [0.2, 0.25) is 0 Å². The average Bonchev–Trinajstić information content (AvgIpc) is 2.73. The van der Waals surface area contributed by atoms with E-state index in [9.17, 15) is 9.59 Å². The highest BCUT2D eigenvalue weighted by Gasteiger charge is 2.64. The first-order valence-corrected chi connectivity index (χ1v) is 12.8. The van der Waals surface area contributed by atoms with Crippen molar-refractivity contribution < 1.29 is 14.3 Å². The Labute approximate surface area is 195 Å². The van der Waals surface area contributed by atoms with Crippen LogP contribution in [0.5, 0.6) is 0 Å². The van der Waals surface area contributed by atoms with Crippen LogP contribution in [0.25, 0.3) is 0 Å². The fourth-order valence-corrected chi connectivity index (χ4v) is 7.57. The van der Waals surface area contributed by atoms with Gasteiger partial charge >= 0.3 is 0 Å². The third kappa shape index (κ3) is 3.28. The van der Waals surface area contributed by atoms with Crippen molar-refractivity contribution in [2.45, 2.75) is 106 Å². The van der Waals surface area contributed by atoms with Crippen LogP contribution in [-0.2, 0) is 14.3 Å². The Balaban J connectivity index is 1.87. The van der Waals surface area contributed by atoms with E-state index in [4.69, 9.17) is 4.74 Å². The fraction of sp³-hybridized carbons (Fsp3) is 0.793. The van der Waals surface area contributed by atoms with Gasteiger partial charge in [-0.3, -0.25) is 9.59 Å². The SMILES string of the molecule is C/C1=C/CC[C@]2(C[C@H](C(C)C)C3=C(O2)C(C)(C)C(=O)C(C)(C)C3=O)[C@H]2CC(C)(C)[C@@H]2CC1. The number of hydrogen-bond donors (Lipinski definition) is 0. The summed E-state index contributed by atoms with van der Waals surface area (Å²) in [6.07, 6.45) is 8.83. The number of ether oxygens (including phenoxy) is 1. The van der Waals surface area contributed by atoms with E-state index in [0.29, 0.717) is 28.9 Å². The molecule has 0 aromatic heterocycles. The van der Waals surface area contributed by atoms with E-state index in [1.165, 1.54) is 18.4 Å². The minimum Gasteiger partial charge on any atom is -0.490 e. The number of carbonyl (C=O) groups excluding carboxylic acids is 2. The molecule has 3 nitrogen and oxygen atoms in total. The Morgan fingerprint density at radius 1 is 0.969 bits per heavy atom. The average molecular weight is 441 g/mol. The van der Waals surface area contributed by atoms with E-state index in [1.54, 1.807) is 0 Å². The number of fused-ring (bicyclic) bond motifs is 2. The Bertz CT molecular complexity index is 897. The molecule has 0 aromatic rings. The summed E-state index contributed by atoms with van der Waals surface area (Å²) in [7, 11) is 0. The molecule has 1 spiro atoms. The van der Waals surface area contributed by atoms with Gasteiger partial charge in [-0.1, -0.05) is 39.3 Å². The number of carbonyl (C=O) groups is 2. The molecule has 0 bridgehead atoms. The van der Waals surface area contributed by atoms with Crippen molar-refractivity contribution >= 4 is 11.6 Å². The lowest BCUT2D eigenvalue weighted by molar-refractivity contribution is -0.192. The Morgan fingerprint density at radius 3 is 2.22 bits per heavy atom. The van der Waals surface area contributed by atoms with Gasteiger partial charge in [-0.25, -0.2) is 0 Å². The molecule has 0 unspecified atom stereocenters. The zero-order valence-electron chi connectivity index (χ0n) is 21.9. The summed E-state index contributed by atoms with van der Waals surface area (Å²) in [5, 5.41) is 0. The molecule has 4 aliphatic rings. The quantitative estimate of drug-likeness (QED) is 0.324. The second-order valence-electron chi connectivity index (χ2n) is 13.4. The standard InChI is InChI=1S/C29H44O3/c1-17(2)19-15-29(14-10-11-18(3)12-13-20-21(29)16-26(20,4)5)32-24-22(19)23(30)27(6,7)25(31)28(24,8)9/h11,17,19-21H,10,12-16H2,1-9H3/b18-11-/t19-,20-,21+,29+/m1/s1. The maximum absolute atomic E-state index is 13.7. The molecule has 3 heteroatoms. The first kappa shape index (κ1) is 23.8. The van der Waals surface area contributed by atoms with Crippen molar-refractivity contribution in [3.05, 3.63) is 23.0 Å². The Kier molecular flexibility index (Phi) is 5.43. The Hall–Kier alpha value is -1.38. The van der Waals surface area contributed by atoms with Crippen LogP contribution < -0.4 is 0 Å². The van der Waals surface area contributed by atoms with Crippen LogP contribution in [0.4, 0.5) is 0 Å². The van der Waals surface area contributed by atoms with Crippen LogP contribution in [0.15, 0.2) is 23.0 Å². The topological polar surface area (TPSA) is 43.4 Å². The Morgan fingerprint density at radius 2 is 1.62 bits per heavy atom. The molecule has 0 aromatic carbocycles. The summed E-state index contributed by atoms with van der Waals surface area (Å²) < 4.78 is 7.11. The van der Waals surface area contributed by atoms with Crippen molar-refractivity contribution in [3.8, 4) is 0 Å². The number of Topliss-reactive ketones (excluding diaryl/α,β-unsaturated/α-hetero) is 2. The number of ketones is 2. The molecule has 3 aliphatic carbocycles. The molecule has 1 heterocycles. The van der Waals surface area contributed by atoms with Crippen LogP contribution in [0.1, 0.15) is 101 Å². The van der Waals surface area contributed by atoms with Crippen molar-refractivity contribution in [3.63, 3.8) is 0 Å². The predicted octanol–water partition coefficient (Wildman–Crippen LogP) is 7.06. The highest BCUT2D eigenvalue weighted by molar-refractivity contribution is 6.19. The van der Waals surface area contributed by atoms with Gasteiger partial charge in [-0.05, 0) is 96.3 Å². The van der Waals surface area contributed by atoms with Crippen molar-refractivity contribution in [2.75, 3.05) is 0 Å². The number of rotatable bonds is 1. The lowest BCUT2D eigenvalue weighted by Crippen LogP contribution is -2.62. The predicted molar refractivity (Wildman–Crippen MR) is 129 cm³/mol. The van der Waals surface area contributed by atoms with Gasteiger partial charge in [0.2, 0.25) is 0 Å². The fourth-order valence-electron chi connectivity index (χ4n) is 7.57. The molecule has 0 amide bonds. The van der Waals surface area contributed by atoms with Gasteiger partial charge in [0.15, 0.2) is 11.6 Å². The summed E-state index contributed by atoms with van der Waals surface area (Å²) in [6.45, 7) is 19.1. The van der Waals surface area contributed by atoms with Crippen molar-refractivity contribution in [1.29, 1.82) is 0 Å². The van der Waals surface area contributed by atoms with Crippen LogP contribution in [0, 0.1) is 39.9 Å². The van der Waals surface area contributed by atoms with E-state index < -0.39 is 10.8 Å². The van der Waals surface area contributed by atoms with Crippen molar-refractivity contribution in [1.82, 2.24) is 0 Å². The van der Waals surface area contributed by atoms with Gasteiger partial charge in [-0.15, -0.1) is 0 Å². The molecule has 32 heavy (non-hydrogen) atoms. The highest BCUT2D eigenvalue weighted by Crippen LogP contribution is 2.64. The number of hydrogen-bond acceptors (Lipinski definition) is 3. The smallest absolute Gasteiger partial charge is 0.175 e. The summed E-state index contributed by atoms with van der Waals surface area (Å²) in [4.78, 5) is 27.2. The van der Waals surface area contributed by atoms with Crippen molar-refractivity contribution in [2.24, 2.45) is 39.9 Å². The monoisotopic (exact) mass is 440 g/mol. The maximum Gasteiger partial charge on any atom is 0.175 e. The largest absolute Gasteiger partial charge is 0.490 e. The molecule has 0 radical (unpaired) electrons. The normalized spacial score (nSPS) is 39.7. The van der Waals surface area contributed by atoms with E-state index in [2.05, 4.69) is 40.7 Å². The second-order valence-corrected chi connectivity index (χ2v) is 13.4. The lowest BCUT2D eigenvalue weighted by Gasteiger charge is -2.62. The third-order valence-corrected chi connectivity index (χ3v) is 9.63. The molecule has 1 fully saturated rings. The maximum atomic E-state index is 13.7. The summed E-state index contributed by atoms with van der Waals surface area (Å²) in [6, 6.07) is 0. The summed E-state index contributed by atoms with van der Waals surface area (Å²) in [5.41, 5.74) is 0.596. The molecule has 1 saturated carbocycles. The molecule has 178 valence electrons. The highest BCUT2D eigenvalue weighted by atomic mass is 16.5. The van der Waals surface area contributed by atoms with Crippen LogP contribution in [0.3, 0.4) is 0 Å². The second kappa shape index (κ2) is 7.31. The molecule has 1 aliphatic heterocycles. The zero-order valence-corrected chi connectivity index (χ0v) is 21.9. The van der Waals surface area contributed by atoms with Gasteiger partial charge in [-0.2, -0.15) is 0 Å². The minimum atomic E-state index is -0.984. The lowest BCUT2D eigenvalue weighted by atomic mass is 9.47. The van der Waals surface area contributed by atoms with E-state index in [1.807, 2.05) is 27.7 Å². The molecule has 4 rings (SSSR count). The van der Waals surface area contributed by atoms with Crippen LogP contribution in [-0.4, -0.2) is 17.2 Å². The summed E-state index contributed by atoms with van der Waals surface area (Å²) in [5.74, 6) is 2.29. The zero-order chi connectivity index (χ0) is 23.9.